The van der Waals surface area contributed by atoms with Crippen LogP contribution in [0, 0.1) is 11.3 Å². The van der Waals surface area contributed by atoms with Gasteiger partial charge in [-0.15, -0.1) is 0 Å². The molecule has 4 heteroatoms. The van der Waals surface area contributed by atoms with Crippen molar-refractivity contribution in [3.8, 4) is 6.07 Å². The monoisotopic (exact) mass is 174 g/mol. The Morgan fingerprint density at radius 3 is 2.85 bits per heavy atom. The molecular formula is C9H6N2O2. The topological polar surface area (TPSA) is 74.0 Å². The maximum Gasteiger partial charge on any atom is 0.354 e. The molecule has 1 N–H and O–H groups in total. The van der Waals surface area contributed by atoms with Gasteiger partial charge in [0.05, 0.1) is 6.07 Å². The lowest BCUT2D eigenvalue weighted by molar-refractivity contribution is 0.0690. The average molecular weight is 174 g/mol. The van der Waals surface area contributed by atoms with Crippen LogP contribution in [0.1, 0.15) is 16.1 Å². The molecule has 0 aliphatic carbocycles. The number of carbonyl (C=O) groups is 1. The molecule has 0 aliphatic rings. The van der Waals surface area contributed by atoms with Crippen molar-refractivity contribution in [1.82, 2.24) is 4.98 Å². The summed E-state index contributed by atoms with van der Waals surface area (Å²) in [6.07, 6.45) is 4.26. The zero-order chi connectivity index (χ0) is 9.68. The molecule has 0 unspecified atom stereocenters. The van der Waals surface area contributed by atoms with Gasteiger partial charge in [-0.1, -0.05) is 6.07 Å². The van der Waals surface area contributed by atoms with Crippen LogP contribution in [0.25, 0.3) is 6.08 Å². The van der Waals surface area contributed by atoms with E-state index in [-0.39, 0.29) is 5.69 Å². The Morgan fingerprint density at radius 1 is 1.62 bits per heavy atom. The van der Waals surface area contributed by atoms with E-state index in [4.69, 9.17) is 10.4 Å². The predicted molar refractivity (Wildman–Crippen MR) is 45.8 cm³/mol. The Bertz CT molecular complexity index is 374. The summed E-state index contributed by atoms with van der Waals surface area (Å²) < 4.78 is 0. The average Bonchev–Trinajstić information content (AvgIpc) is 2.15. The molecule has 13 heavy (non-hydrogen) atoms. The van der Waals surface area contributed by atoms with E-state index < -0.39 is 5.97 Å². The quantitative estimate of drug-likeness (QED) is 0.686. The van der Waals surface area contributed by atoms with Crippen LogP contribution < -0.4 is 0 Å². The molecule has 0 saturated heterocycles. The largest absolute Gasteiger partial charge is 0.477 e. The third-order valence-corrected chi connectivity index (χ3v) is 1.36. The molecule has 1 aromatic rings. The lowest BCUT2D eigenvalue weighted by Gasteiger charge is -1.93. The number of hydrogen-bond acceptors (Lipinski definition) is 3. The van der Waals surface area contributed by atoms with Crippen LogP contribution in [0.15, 0.2) is 24.4 Å². The molecule has 64 valence electrons. The van der Waals surface area contributed by atoms with Crippen LogP contribution in [0.3, 0.4) is 0 Å². The first-order valence-electron chi connectivity index (χ1n) is 3.49. The van der Waals surface area contributed by atoms with Gasteiger partial charge < -0.3 is 5.11 Å². The molecule has 0 bridgehead atoms. The molecule has 0 fully saturated rings. The summed E-state index contributed by atoms with van der Waals surface area (Å²) in [6.45, 7) is 0. The van der Waals surface area contributed by atoms with E-state index in [0.29, 0.717) is 5.56 Å². The van der Waals surface area contributed by atoms with E-state index in [0.717, 1.165) is 0 Å². The Morgan fingerprint density at radius 2 is 2.38 bits per heavy atom. The fourth-order valence-corrected chi connectivity index (χ4v) is 0.764. The molecule has 0 atom stereocenters. The molecule has 0 spiro atoms. The van der Waals surface area contributed by atoms with E-state index in [9.17, 15) is 4.79 Å². The van der Waals surface area contributed by atoms with E-state index >= 15 is 0 Å². The van der Waals surface area contributed by atoms with E-state index in [1.165, 1.54) is 18.3 Å². The number of allylic oxidation sites excluding steroid dienone is 1. The summed E-state index contributed by atoms with van der Waals surface area (Å²) >= 11 is 0. The smallest absolute Gasteiger partial charge is 0.354 e. The number of pyridine rings is 1. The Hall–Kier alpha value is -2.15. The molecule has 0 radical (unpaired) electrons. The first kappa shape index (κ1) is 8.94. The minimum Gasteiger partial charge on any atom is -0.477 e. The predicted octanol–water partition coefficient (Wildman–Crippen LogP) is 1.32. The van der Waals surface area contributed by atoms with Crippen LogP contribution in [0.4, 0.5) is 0 Å². The van der Waals surface area contributed by atoms with Crippen LogP contribution >= 0.6 is 0 Å². The van der Waals surface area contributed by atoms with E-state index in [2.05, 4.69) is 4.98 Å². The van der Waals surface area contributed by atoms with E-state index in [1.54, 1.807) is 12.1 Å². The molecule has 1 rings (SSSR count). The highest BCUT2D eigenvalue weighted by atomic mass is 16.4. The molecule has 0 amide bonds. The van der Waals surface area contributed by atoms with Gasteiger partial charge in [0.25, 0.3) is 0 Å². The van der Waals surface area contributed by atoms with Gasteiger partial charge in [0.2, 0.25) is 0 Å². The van der Waals surface area contributed by atoms with Crippen LogP contribution in [-0.4, -0.2) is 16.1 Å². The SMILES string of the molecule is N#CC=Cc1ccc(C(=O)O)nc1. The maximum absolute atomic E-state index is 10.4. The zero-order valence-corrected chi connectivity index (χ0v) is 6.64. The standard InChI is InChI=1S/C9H6N2O2/c10-5-1-2-7-3-4-8(9(12)13)11-6-7/h1-4,6H,(H,12,13). The molecule has 0 saturated carbocycles. The molecule has 1 heterocycles. The second kappa shape index (κ2) is 4.02. The summed E-state index contributed by atoms with van der Waals surface area (Å²) in [7, 11) is 0. The first-order chi connectivity index (χ1) is 6.24. The number of aromatic carboxylic acids is 1. The molecular weight excluding hydrogens is 168 g/mol. The number of carboxylic acid groups (broad SMARTS) is 1. The molecule has 0 aliphatic heterocycles. The summed E-state index contributed by atoms with van der Waals surface area (Å²) in [5.74, 6) is -1.06. The highest BCUT2D eigenvalue weighted by Gasteiger charge is 2.01. The molecule has 4 nitrogen and oxygen atoms in total. The van der Waals surface area contributed by atoms with Crippen molar-refractivity contribution in [1.29, 1.82) is 5.26 Å². The van der Waals surface area contributed by atoms with Crippen molar-refractivity contribution in [2.45, 2.75) is 0 Å². The van der Waals surface area contributed by atoms with Crippen molar-refractivity contribution in [3.63, 3.8) is 0 Å². The van der Waals surface area contributed by atoms with Gasteiger partial charge in [-0.25, -0.2) is 9.78 Å². The Balaban J connectivity index is 2.89. The summed E-state index contributed by atoms with van der Waals surface area (Å²) in [5, 5.41) is 16.7. The zero-order valence-electron chi connectivity index (χ0n) is 6.64. The van der Waals surface area contributed by atoms with E-state index in [1.807, 2.05) is 6.07 Å². The number of nitrogens with zero attached hydrogens (tertiary/aromatic N) is 2. The number of aromatic nitrogens is 1. The lowest BCUT2D eigenvalue weighted by atomic mass is 10.2. The van der Waals surface area contributed by atoms with Crippen LogP contribution in [0.5, 0.6) is 0 Å². The second-order valence-corrected chi connectivity index (χ2v) is 2.24. The summed E-state index contributed by atoms with van der Waals surface area (Å²) in [5.41, 5.74) is 0.695. The van der Waals surface area contributed by atoms with Crippen molar-refractivity contribution in [2.24, 2.45) is 0 Å². The minimum atomic E-state index is -1.06. The van der Waals surface area contributed by atoms with Crippen molar-refractivity contribution in [3.05, 3.63) is 35.7 Å². The fraction of sp³-hybridized carbons (Fsp3) is 0. The highest BCUT2D eigenvalue weighted by molar-refractivity contribution is 5.85. The van der Waals surface area contributed by atoms with Gasteiger partial charge in [0.15, 0.2) is 0 Å². The summed E-state index contributed by atoms with van der Waals surface area (Å²) in [6, 6.07) is 4.80. The Labute approximate surface area is 74.8 Å². The summed E-state index contributed by atoms with van der Waals surface area (Å²) in [4.78, 5) is 14.1. The van der Waals surface area contributed by atoms with Gasteiger partial charge in [0, 0.05) is 12.3 Å². The van der Waals surface area contributed by atoms with Crippen molar-refractivity contribution >= 4 is 12.0 Å². The van der Waals surface area contributed by atoms with Crippen LogP contribution in [0.2, 0.25) is 0 Å². The number of nitriles is 1. The number of carboxylic acids is 1. The minimum absolute atomic E-state index is 0.00546. The third-order valence-electron chi connectivity index (χ3n) is 1.36. The highest BCUT2D eigenvalue weighted by Crippen LogP contribution is 2.01. The van der Waals surface area contributed by atoms with Gasteiger partial charge in [0.1, 0.15) is 5.69 Å². The van der Waals surface area contributed by atoms with Crippen molar-refractivity contribution in [2.75, 3.05) is 0 Å². The fourth-order valence-electron chi connectivity index (χ4n) is 0.764. The number of rotatable bonds is 2. The number of hydrogen-bond donors (Lipinski definition) is 1. The normalized spacial score (nSPS) is 9.77. The van der Waals surface area contributed by atoms with Gasteiger partial charge in [-0.2, -0.15) is 5.26 Å². The Kier molecular flexibility index (Phi) is 2.77. The molecule has 1 aromatic heterocycles. The third kappa shape index (κ3) is 2.42. The molecule has 0 aromatic carbocycles. The maximum atomic E-state index is 10.4. The lowest BCUT2D eigenvalue weighted by Crippen LogP contribution is -1.98. The van der Waals surface area contributed by atoms with Gasteiger partial charge in [-0.3, -0.25) is 0 Å². The van der Waals surface area contributed by atoms with Crippen molar-refractivity contribution < 1.29 is 9.90 Å². The van der Waals surface area contributed by atoms with Crippen LogP contribution in [-0.2, 0) is 0 Å². The van der Waals surface area contributed by atoms with Gasteiger partial charge >= 0.3 is 5.97 Å². The first-order valence-corrected chi connectivity index (χ1v) is 3.49. The van der Waals surface area contributed by atoms with Gasteiger partial charge in [-0.05, 0) is 17.7 Å². The second-order valence-electron chi connectivity index (χ2n) is 2.24.